The van der Waals surface area contributed by atoms with Gasteiger partial charge in [-0.3, -0.25) is 0 Å². The number of benzene rings is 1. The summed E-state index contributed by atoms with van der Waals surface area (Å²) in [5.41, 5.74) is 7.59. The molecule has 1 nitrogen and oxygen atoms in total. The van der Waals surface area contributed by atoms with Gasteiger partial charge < -0.3 is 5.73 Å². The van der Waals surface area contributed by atoms with Crippen molar-refractivity contribution in [2.75, 3.05) is 0 Å². The lowest BCUT2D eigenvalue weighted by Gasteiger charge is -2.09. The summed E-state index contributed by atoms with van der Waals surface area (Å²) in [5.74, 6) is 0.274. The van der Waals surface area contributed by atoms with Crippen molar-refractivity contribution in [2.45, 2.75) is 32.0 Å². The van der Waals surface area contributed by atoms with E-state index in [0.717, 1.165) is 24.0 Å². The van der Waals surface area contributed by atoms with Crippen molar-refractivity contribution in [2.24, 2.45) is 11.7 Å². The van der Waals surface area contributed by atoms with Crippen LogP contribution in [-0.4, -0.2) is 0 Å². The van der Waals surface area contributed by atoms with Crippen LogP contribution in [0.2, 0.25) is 0 Å². The van der Waals surface area contributed by atoms with Gasteiger partial charge in [0.2, 0.25) is 0 Å². The van der Waals surface area contributed by atoms with E-state index in [1.165, 1.54) is 0 Å². The minimum atomic E-state index is -0.767. The van der Waals surface area contributed by atoms with Crippen LogP contribution in [-0.2, 0) is 0 Å². The number of rotatable bonds is 3. The minimum Gasteiger partial charge on any atom is -0.324 e. The van der Waals surface area contributed by atoms with Crippen molar-refractivity contribution < 1.29 is 4.39 Å². The average molecular weight is 193 g/mol. The Balaban J connectivity index is 2.12. The summed E-state index contributed by atoms with van der Waals surface area (Å²) < 4.78 is 13.6. The zero-order chi connectivity index (χ0) is 10.1. The summed E-state index contributed by atoms with van der Waals surface area (Å²) in [6.07, 6.45) is 1.31. The van der Waals surface area contributed by atoms with Gasteiger partial charge in [0.15, 0.2) is 0 Å². The lowest BCUT2D eigenvalue weighted by Crippen LogP contribution is -2.05. The number of hydrogen-bond acceptors (Lipinski definition) is 1. The third-order valence-electron chi connectivity index (χ3n) is 2.82. The Hall–Kier alpha value is -0.890. The first-order chi connectivity index (χ1) is 6.68. The second-order valence-electron chi connectivity index (χ2n) is 4.19. The first kappa shape index (κ1) is 9.66. The summed E-state index contributed by atoms with van der Waals surface area (Å²) in [7, 11) is 0. The molecule has 0 saturated heterocycles. The molecular weight excluding hydrogens is 177 g/mol. The lowest BCUT2D eigenvalue weighted by molar-refractivity contribution is 0.305. The van der Waals surface area contributed by atoms with Gasteiger partial charge in [-0.15, -0.1) is 0 Å². The molecule has 0 aromatic heterocycles. The van der Waals surface area contributed by atoms with Gasteiger partial charge in [-0.1, -0.05) is 24.3 Å². The van der Waals surface area contributed by atoms with Crippen LogP contribution in [0.4, 0.5) is 4.39 Å². The minimum absolute atomic E-state index is 0.0306. The lowest BCUT2D eigenvalue weighted by atomic mass is 10.0. The quantitative estimate of drug-likeness (QED) is 0.784. The van der Waals surface area contributed by atoms with E-state index in [4.69, 9.17) is 5.73 Å². The molecule has 1 aliphatic rings. The normalized spacial score (nSPS) is 20.5. The molecule has 0 heterocycles. The second-order valence-corrected chi connectivity index (χ2v) is 4.19. The van der Waals surface area contributed by atoms with Gasteiger partial charge in [-0.25, -0.2) is 4.39 Å². The molecule has 0 spiro atoms. The van der Waals surface area contributed by atoms with Gasteiger partial charge in [0, 0.05) is 6.04 Å². The predicted molar refractivity (Wildman–Crippen MR) is 55.6 cm³/mol. The van der Waals surface area contributed by atoms with Gasteiger partial charge in [0.05, 0.1) is 0 Å². The molecule has 1 aromatic rings. The molecule has 1 fully saturated rings. The van der Waals surface area contributed by atoms with E-state index in [9.17, 15) is 4.39 Å². The molecule has 2 N–H and O–H groups in total. The largest absolute Gasteiger partial charge is 0.324 e. The molecular formula is C12H16FN. The maximum absolute atomic E-state index is 13.6. The van der Waals surface area contributed by atoms with Crippen molar-refractivity contribution in [1.29, 1.82) is 0 Å². The second kappa shape index (κ2) is 3.70. The van der Waals surface area contributed by atoms with Crippen molar-refractivity contribution in [3.8, 4) is 0 Å². The van der Waals surface area contributed by atoms with E-state index in [1.807, 2.05) is 31.2 Å². The van der Waals surface area contributed by atoms with Crippen molar-refractivity contribution in [1.82, 2.24) is 0 Å². The van der Waals surface area contributed by atoms with E-state index in [-0.39, 0.29) is 12.0 Å². The molecule has 76 valence electrons. The fraction of sp³-hybridized carbons (Fsp3) is 0.500. The van der Waals surface area contributed by atoms with Crippen LogP contribution in [0.15, 0.2) is 24.3 Å². The zero-order valence-electron chi connectivity index (χ0n) is 8.41. The van der Waals surface area contributed by atoms with Gasteiger partial charge >= 0.3 is 0 Å². The molecule has 2 unspecified atom stereocenters. The standard InChI is InChI=1S/C12H16FN/c1-8(14)9-2-4-10(5-3-9)12(13)11-6-7-11/h2-5,8,11-12H,6-7,14H2,1H3. The monoisotopic (exact) mass is 193 g/mol. The van der Waals surface area contributed by atoms with Crippen LogP contribution in [0.1, 0.15) is 43.1 Å². The Morgan fingerprint density at radius 1 is 1.21 bits per heavy atom. The predicted octanol–water partition coefficient (Wildman–Crippen LogP) is 3.13. The highest BCUT2D eigenvalue weighted by Crippen LogP contribution is 2.43. The first-order valence-electron chi connectivity index (χ1n) is 5.18. The van der Waals surface area contributed by atoms with Crippen LogP contribution in [0.3, 0.4) is 0 Å². The maximum Gasteiger partial charge on any atom is 0.128 e. The molecule has 1 aromatic carbocycles. The summed E-state index contributed by atoms with van der Waals surface area (Å²) in [6.45, 7) is 1.93. The van der Waals surface area contributed by atoms with Crippen LogP contribution in [0.5, 0.6) is 0 Å². The fourth-order valence-corrected chi connectivity index (χ4v) is 1.64. The van der Waals surface area contributed by atoms with Crippen LogP contribution < -0.4 is 5.73 Å². The van der Waals surface area contributed by atoms with Gasteiger partial charge in [-0.2, -0.15) is 0 Å². The summed E-state index contributed by atoms with van der Waals surface area (Å²) in [5, 5.41) is 0. The molecule has 2 rings (SSSR count). The van der Waals surface area contributed by atoms with Crippen molar-refractivity contribution in [3.05, 3.63) is 35.4 Å². The van der Waals surface area contributed by atoms with E-state index in [2.05, 4.69) is 0 Å². The van der Waals surface area contributed by atoms with Crippen LogP contribution >= 0.6 is 0 Å². The molecule has 0 bridgehead atoms. The third kappa shape index (κ3) is 1.95. The number of halogens is 1. The summed E-state index contributed by atoms with van der Waals surface area (Å²) in [6, 6.07) is 7.61. The van der Waals surface area contributed by atoms with E-state index in [0.29, 0.717) is 0 Å². The van der Waals surface area contributed by atoms with E-state index < -0.39 is 6.17 Å². The molecule has 0 aliphatic heterocycles. The highest BCUT2D eigenvalue weighted by atomic mass is 19.1. The van der Waals surface area contributed by atoms with Gasteiger partial charge in [0.25, 0.3) is 0 Å². The van der Waals surface area contributed by atoms with Gasteiger partial charge in [0.1, 0.15) is 6.17 Å². The smallest absolute Gasteiger partial charge is 0.128 e. The average Bonchev–Trinajstić information content (AvgIpc) is 3.00. The Morgan fingerprint density at radius 3 is 2.14 bits per heavy atom. The molecule has 1 saturated carbocycles. The molecule has 0 amide bonds. The van der Waals surface area contributed by atoms with Gasteiger partial charge in [-0.05, 0) is 36.8 Å². The first-order valence-corrected chi connectivity index (χ1v) is 5.18. The fourth-order valence-electron chi connectivity index (χ4n) is 1.64. The molecule has 14 heavy (non-hydrogen) atoms. The van der Waals surface area contributed by atoms with Crippen LogP contribution in [0.25, 0.3) is 0 Å². The Bertz CT molecular complexity index is 301. The van der Waals surface area contributed by atoms with Crippen molar-refractivity contribution >= 4 is 0 Å². The topological polar surface area (TPSA) is 26.0 Å². The molecule has 1 aliphatic carbocycles. The van der Waals surface area contributed by atoms with Crippen molar-refractivity contribution in [3.63, 3.8) is 0 Å². The maximum atomic E-state index is 13.6. The number of nitrogens with two attached hydrogens (primary N) is 1. The van der Waals surface area contributed by atoms with E-state index >= 15 is 0 Å². The summed E-state index contributed by atoms with van der Waals surface area (Å²) >= 11 is 0. The number of hydrogen-bond donors (Lipinski definition) is 1. The Morgan fingerprint density at radius 2 is 1.71 bits per heavy atom. The molecule has 0 radical (unpaired) electrons. The highest BCUT2D eigenvalue weighted by molar-refractivity contribution is 5.26. The molecule has 2 atom stereocenters. The Labute approximate surface area is 84.1 Å². The van der Waals surface area contributed by atoms with Crippen LogP contribution in [0, 0.1) is 5.92 Å². The highest BCUT2D eigenvalue weighted by Gasteiger charge is 2.32. The third-order valence-corrected chi connectivity index (χ3v) is 2.82. The number of alkyl halides is 1. The Kier molecular flexibility index (Phi) is 2.55. The van der Waals surface area contributed by atoms with E-state index in [1.54, 1.807) is 0 Å². The summed E-state index contributed by atoms with van der Waals surface area (Å²) in [4.78, 5) is 0. The zero-order valence-corrected chi connectivity index (χ0v) is 8.41. The molecule has 2 heteroatoms. The SMILES string of the molecule is CC(N)c1ccc(C(F)C2CC2)cc1.